The van der Waals surface area contributed by atoms with E-state index in [9.17, 15) is 9.18 Å². The number of hydrogen-bond acceptors (Lipinski definition) is 3. The number of rotatable bonds is 5. The van der Waals surface area contributed by atoms with Gasteiger partial charge in [0, 0.05) is 31.7 Å². The lowest BCUT2D eigenvalue weighted by Gasteiger charge is -2.31. The molecule has 144 valence electrons. The minimum atomic E-state index is -0.437. The molecule has 28 heavy (non-hydrogen) atoms. The van der Waals surface area contributed by atoms with Crippen LogP contribution in [0.2, 0.25) is 0 Å². The van der Waals surface area contributed by atoms with Crippen LogP contribution in [0.25, 0.3) is 0 Å². The summed E-state index contributed by atoms with van der Waals surface area (Å²) in [7, 11) is 1.88. The van der Waals surface area contributed by atoms with Crippen molar-refractivity contribution in [2.45, 2.75) is 18.9 Å². The van der Waals surface area contributed by atoms with Crippen LogP contribution in [0.15, 0.2) is 60.9 Å². The molecular weight excluding hydrogens is 355 g/mol. The van der Waals surface area contributed by atoms with Crippen LogP contribution in [0.3, 0.4) is 0 Å². The van der Waals surface area contributed by atoms with Gasteiger partial charge < -0.3 is 14.8 Å². The van der Waals surface area contributed by atoms with Gasteiger partial charge in [0.05, 0.1) is 6.54 Å². The lowest BCUT2D eigenvalue weighted by molar-refractivity contribution is -0.120. The van der Waals surface area contributed by atoms with E-state index >= 15 is 0 Å². The second-order valence-corrected chi connectivity index (χ2v) is 7.10. The highest BCUT2D eigenvalue weighted by molar-refractivity contribution is 5.82. The van der Waals surface area contributed by atoms with Gasteiger partial charge in [0.1, 0.15) is 17.7 Å². The number of para-hydroxylation sites is 1. The highest BCUT2D eigenvalue weighted by Crippen LogP contribution is 2.27. The first-order chi connectivity index (χ1) is 13.6. The Morgan fingerprint density at radius 1 is 1.21 bits per heavy atom. The summed E-state index contributed by atoms with van der Waals surface area (Å²) in [4.78, 5) is 19.4. The van der Waals surface area contributed by atoms with E-state index in [1.807, 2.05) is 29.9 Å². The predicted octanol–water partition coefficient (Wildman–Crippen LogP) is 3.22. The number of aromatic nitrogens is 2. The van der Waals surface area contributed by atoms with E-state index in [2.05, 4.69) is 27.3 Å². The minimum Gasteiger partial charge on any atom is -0.362 e. The number of nitrogens with one attached hydrogen (secondary N) is 1. The van der Waals surface area contributed by atoms with Crippen LogP contribution in [0, 0.1) is 5.82 Å². The molecule has 0 fully saturated rings. The summed E-state index contributed by atoms with van der Waals surface area (Å²) in [6, 6.07) is 14.0. The number of benzene rings is 2. The van der Waals surface area contributed by atoms with E-state index in [0.717, 1.165) is 30.6 Å². The third-order valence-electron chi connectivity index (χ3n) is 5.17. The molecule has 0 bridgehead atoms. The first-order valence-electron chi connectivity index (χ1n) is 9.47. The maximum absolute atomic E-state index is 13.4. The molecule has 1 amide bonds. The molecule has 0 radical (unpaired) electrons. The third kappa shape index (κ3) is 3.76. The Labute approximate surface area is 163 Å². The van der Waals surface area contributed by atoms with Crippen LogP contribution in [-0.2, 0) is 18.3 Å². The normalized spacial score (nSPS) is 14.4. The van der Waals surface area contributed by atoms with Crippen LogP contribution in [-0.4, -0.2) is 28.5 Å². The number of amides is 1. The van der Waals surface area contributed by atoms with Crippen molar-refractivity contribution in [3.05, 3.63) is 83.7 Å². The van der Waals surface area contributed by atoms with Gasteiger partial charge in [-0.1, -0.05) is 30.3 Å². The molecule has 2 aromatic carbocycles. The first-order valence-corrected chi connectivity index (χ1v) is 9.47. The summed E-state index contributed by atoms with van der Waals surface area (Å²) in [5.74, 6) is 0.312. The highest BCUT2D eigenvalue weighted by Gasteiger charge is 2.24. The number of hydrogen-bond donors (Lipinski definition) is 1. The second-order valence-electron chi connectivity index (χ2n) is 7.10. The quantitative estimate of drug-likeness (QED) is 0.742. The smallest absolute Gasteiger partial charge is 0.240 e. The summed E-state index contributed by atoms with van der Waals surface area (Å²) in [6.07, 6.45) is 5.60. The molecule has 1 aliphatic rings. The molecule has 6 heteroatoms. The molecule has 1 N–H and O–H groups in total. The number of fused-ring (bicyclic) bond motifs is 1. The van der Waals surface area contributed by atoms with Gasteiger partial charge in [-0.15, -0.1) is 0 Å². The van der Waals surface area contributed by atoms with Crippen molar-refractivity contribution in [1.82, 2.24) is 14.9 Å². The maximum Gasteiger partial charge on any atom is 0.240 e. The number of nitrogens with zero attached hydrogens (tertiary/aromatic N) is 3. The molecule has 2 heterocycles. The van der Waals surface area contributed by atoms with Gasteiger partial charge in [-0.05, 0) is 42.2 Å². The van der Waals surface area contributed by atoms with Crippen molar-refractivity contribution in [2.24, 2.45) is 7.05 Å². The van der Waals surface area contributed by atoms with E-state index in [1.54, 1.807) is 18.3 Å². The summed E-state index contributed by atoms with van der Waals surface area (Å²) < 4.78 is 15.2. The Kier molecular flexibility index (Phi) is 5.10. The van der Waals surface area contributed by atoms with E-state index in [0.29, 0.717) is 5.82 Å². The Hall–Kier alpha value is -3.15. The van der Waals surface area contributed by atoms with Gasteiger partial charge in [0.25, 0.3) is 0 Å². The largest absolute Gasteiger partial charge is 0.362 e. The average Bonchev–Trinajstić information content (AvgIpc) is 3.13. The SMILES string of the molecule is Cn1ccnc1[C@H](NC(=O)CN1CCCc2ccccc21)c1ccc(F)cc1. The van der Waals surface area contributed by atoms with Crippen molar-refractivity contribution in [1.29, 1.82) is 0 Å². The van der Waals surface area contributed by atoms with E-state index in [4.69, 9.17) is 0 Å². The average molecular weight is 378 g/mol. The lowest BCUT2D eigenvalue weighted by Crippen LogP contribution is -2.41. The van der Waals surface area contributed by atoms with Gasteiger partial charge in [-0.2, -0.15) is 0 Å². The van der Waals surface area contributed by atoms with E-state index in [1.165, 1.54) is 17.7 Å². The topological polar surface area (TPSA) is 50.2 Å². The molecule has 0 saturated heterocycles. The fraction of sp³-hybridized carbons (Fsp3) is 0.273. The van der Waals surface area contributed by atoms with Crippen LogP contribution in [0.5, 0.6) is 0 Å². The zero-order valence-corrected chi connectivity index (χ0v) is 15.8. The Morgan fingerprint density at radius 3 is 2.75 bits per heavy atom. The van der Waals surface area contributed by atoms with Crippen molar-refractivity contribution in [3.63, 3.8) is 0 Å². The molecule has 0 aliphatic carbocycles. The summed E-state index contributed by atoms with van der Waals surface area (Å²) in [5.41, 5.74) is 3.20. The number of imidazole rings is 1. The molecule has 1 aromatic heterocycles. The second kappa shape index (κ2) is 7.84. The standard InChI is InChI=1S/C22H23FN4O/c1-26-14-12-24-22(26)21(17-8-10-18(23)11-9-17)25-20(28)15-27-13-4-6-16-5-2-3-7-19(16)27/h2-3,5,7-12,14,21H,4,6,13,15H2,1H3,(H,25,28)/t21-/m1/s1. The van der Waals surface area contributed by atoms with Crippen molar-refractivity contribution in [2.75, 3.05) is 18.0 Å². The van der Waals surface area contributed by atoms with Crippen LogP contribution < -0.4 is 10.2 Å². The van der Waals surface area contributed by atoms with Gasteiger partial charge >= 0.3 is 0 Å². The Balaban J connectivity index is 1.55. The first kappa shape index (κ1) is 18.2. The van der Waals surface area contributed by atoms with E-state index < -0.39 is 6.04 Å². The van der Waals surface area contributed by atoms with Gasteiger partial charge in [0.2, 0.25) is 5.91 Å². The van der Waals surface area contributed by atoms with Gasteiger partial charge in [-0.3, -0.25) is 4.79 Å². The van der Waals surface area contributed by atoms with Crippen molar-refractivity contribution < 1.29 is 9.18 Å². The molecule has 0 unspecified atom stereocenters. The van der Waals surface area contributed by atoms with Crippen LogP contribution >= 0.6 is 0 Å². The van der Waals surface area contributed by atoms with E-state index in [-0.39, 0.29) is 18.3 Å². The molecule has 3 aromatic rings. The van der Waals surface area contributed by atoms with Gasteiger partial charge in [0.15, 0.2) is 0 Å². The zero-order valence-electron chi connectivity index (χ0n) is 15.8. The van der Waals surface area contributed by atoms with Crippen LogP contribution in [0.4, 0.5) is 10.1 Å². The highest BCUT2D eigenvalue weighted by atomic mass is 19.1. The molecular formula is C22H23FN4O. The number of anilines is 1. The lowest BCUT2D eigenvalue weighted by atomic mass is 10.0. The number of carbonyl (C=O) groups is 1. The third-order valence-corrected chi connectivity index (χ3v) is 5.17. The predicted molar refractivity (Wildman–Crippen MR) is 107 cm³/mol. The van der Waals surface area contributed by atoms with Crippen LogP contribution in [0.1, 0.15) is 29.4 Å². The molecule has 0 spiro atoms. The molecule has 5 nitrogen and oxygen atoms in total. The van der Waals surface area contributed by atoms with Gasteiger partial charge in [-0.25, -0.2) is 9.37 Å². The fourth-order valence-electron chi connectivity index (χ4n) is 3.76. The monoisotopic (exact) mass is 378 g/mol. The van der Waals surface area contributed by atoms with Crippen molar-refractivity contribution in [3.8, 4) is 0 Å². The molecule has 4 rings (SSSR count). The maximum atomic E-state index is 13.4. The zero-order chi connectivity index (χ0) is 19.5. The minimum absolute atomic E-state index is 0.0889. The fourth-order valence-corrected chi connectivity index (χ4v) is 3.76. The Morgan fingerprint density at radius 2 is 2.00 bits per heavy atom. The molecule has 1 aliphatic heterocycles. The summed E-state index contributed by atoms with van der Waals surface area (Å²) >= 11 is 0. The number of halogens is 1. The molecule has 1 atom stereocenters. The van der Waals surface area contributed by atoms with Crippen molar-refractivity contribution >= 4 is 11.6 Å². The summed E-state index contributed by atoms with van der Waals surface area (Å²) in [6.45, 7) is 1.13. The number of carbonyl (C=O) groups excluding carboxylic acids is 1. The summed E-state index contributed by atoms with van der Waals surface area (Å²) in [5, 5.41) is 3.09. The molecule has 0 saturated carbocycles. The Bertz CT molecular complexity index is 967. The number of aryl methyl sites for hydroxylation is 2.